The van der Waals surface area contributed by atoms with Gasteiger partial charge in [-0.15, -0.1) is 11.8 Å². The molecule has 0 atom stereocenters. The zero-order valence-electron chi connectivity index (χ0n) is 25.1. The standard InChI is InChI=1S/C32H45F3N6OS/c33-32(34,35)27-9-8-23(21-29(27)43-20-14-37-24-5-1-2-6-24)31-26-22-36-13-10-28(26)41(38-31)17-4-15-39-18-11-25(12-19-39)40-16-3-7-30(40)42/h8-9,21,24-25,36-37H,1-7,10-20,22H2. The molecule has 2 saturated heterocycles. The number of carbonyl (C=O) groups excluding carboxylic acids is 1. The average molecular weight is 619 g/mol. The van der Waals surface area contributed by atoms with E-state index < -0.39 is 11.7 Å². The molecule has 2 aromatic rings. The van der Waals surface area contributed by atoms with Crippen LogP contribution >= 0.6 is 11.8 Å². The van der Waals surface area contributed by atoms with Gasteiger partial charge in [-0.1, -0.05) is 18.9 Å². The Morgan fingerprint density at radius 1 is 1.02 bits per heavy atom. The Morgan fingerprint density at radius 2 is 1.84 bits per heavy atom. The molecule has 0 radical (unpaired) electrons. The third-order valence-corrected chi connectivity index (χ3v) is 10.7. The first-order valence-electron chi connectivity index (χ1n) is 16.3. The third-order valence-electron chi connectivity index (χ3n) is 9.67. The largest absolute Gasteiger partial charge is 0.417 e. The van der Waals surface area contributed by atoms with Crippen molar-refractivity contribution in [2.24, 2.45) is 0 Å². The van der Waals surface area contributed by atoms with Gasteiger partial charge in [0.15, 0.2) is 0 Å². The summed E-state index contributed by atoms with van der Waals surface area (Å²) in [5, 5.41) is 12.0. The maximum absolute atomic E-state index is 13.9. The molecule has 6 rings (SSSR count). The van der Waals surface area contributed by atoms with Gasteiger partial charge in [-0.3, -0.25) is 9.48 Å². The molecular formula is C32H45F3N6OS. The molecule has 11 heteroatoms. The van der Waals surface area contributed by atoms with Crippen LogP contribution in [0.25, 0.3) is 11.3 Å². The van der Waals surface area contributed by atoms with Crippen molar-refractivity contribution in [2.75, 3.05) is 45.0 Å². The second kappa shape index (κ2) is 13.9. The molecule has 0 spiro atoms. The summed E-state index contributed by atoms with van der Waals surface area (Å²) in [5.74, 6) is 0.921. The SMILES string of the molecule is O=C1CCCN1C1CCN(CCCn2nc(-c3ccc(C(F)(F)F)c(SCCNC4CCCC4)c3)c3c2CCNC3)CC1. The fraction of sp³-hybridized carbons (Fsp3) is 0.688. The number of hydrogen-bond donors (Lipinski definition) is 2. The molecule has 1 aliphatic carbocycles. The number of halogens is 3. The summed E-state index contributed by atoms with van der Waals surface area (Å²) < 4.78 is 43.9. The van der Waals surface area contributed by atoms with Crippen LogP contribution < -0.4 is 10.6 Å². The summed E-state index contributed by atoms with van der Waals surface area (Å²) in [6.45, 7) is 7.00. The van der Waals surface area contributed by atoms with Gasteiger partial charge in [0.1, 0.15) is 0 Å². The normalized spacial score (nSPS) is 20.8. The van der Waals surface area contributed by atoms with Gasteiger partial charge >= 0.3 is 6.18 Å². The summed E-state index contributed by atoms with van der Waals surface area (Å²) >= 11 is 1.29. The van der Waals surface area contributed by atoms with Gasteiger partial charge < -0.3 is 20.4 Å². The van der Waals surface area contributed by atoms with Gasteiger partial charge in [-0.2, -0.15) is 18.3 Å². The molecule has 3 fully saturated rings. The van der Waals surface area contributed by atoms with Crippen molar-refractivity contribution >= 4 is 17.7 Å². The van der Waals surface area contributed by atoms with E-state index in [9.17, 15) is 18.0 Å². The lowest BCUT2D eigenvalue weighted by Crippen LogP contribution is -2.45. The van der Waals surface area contributed by atoms with Crippen molar-refractivity contribution in [1.29, 1.82) is 0 Å². The predicted octanol–water partition coefficient (Wildman–Crippen LogP) is 5.32. The third kappa shape index (κ3) is 7.43. The molecule has 4 heterocycles. The van der Waals surface area contributed by atoms with E-state index in [-0.39, 0.29) is 4.90 Å². The number of nitrogens with zero attached hydrogens (tertiary/aromatic N) is 4. The fourth-order valence-electron chi connectivity index (χ4n) is 7.37. The number of thioether (sulfide) groups is 1. The smallest absolute Gasteiger partial charge is 0.340 e. The summed E-state index contributed by atoms with van der Waals surface area (Å²) in [6, 6.07) is 5.45. The molecule has 1 aromatic heterocycles. The van der Waals surface area contributed by atoms with E-state index in [1.807, 2.05) is 0 Å². The summed E-state index contributed by atoms with van der Waals surface area (Å²) in [4.78, 5) is 17.0. The Labute approximate surface area is 257 Å². The van der Waals surface area contributed by atoms with Gasteiger partial charge in [0.25, 0.3) is 0 Å². The minimum Gasteiger partial charge on any atom is -0.340 e. The van der Waals surface area contributed by atoms with Crippen molar-refractivity contribution in [3.8, 4) is 11.3 Å². The van der Waals surface area contributed by atoms with Gasteiger partial charge in [0, 0.05) is 98.2 Å². The Bertz CT molecular complexity index is 1250. The molecule has 1 amide bonds. The van der Waals surface area contributed by atoms with Crippen LogP contribution in [0.15, 0.2) is 23.1 Å². The first-order valence-corrected chi connectivity index (χ1v) is 17.2. The number of benzene rings is 1. The highest BCUT2D eigenvalue weighted by Gasteiger charge is 2.34. The lowest BCUT2D eigenvalue weighted by molar-refractivity contribution is -0.139. The topological polar surface area (TPSA) is 65.4 Å². The molecule has 3 aliphatic heterocycles. The highest BCUT2D eigenvalue weighted by Crippen LogP contribution is 2.40. The number of alkyl halides is 3. The summed E-state index contributed by atoms with van der Waals surface area (Å²) in [5.41, 5.74) is 3.32. The Kier molecular flexibility index (Phi) is 10.0. The molecule has 43 heavy (non-hydrogen) atoms. The van der Waals surface area contributed by atoms with Gasteiger partial charge in [-0.05, 0) is 57.2 Å². The van der Waals surface area contributed by atoms with E-state index in [1.165, 1.54) is 36.4 Å². The summed E-state index contributed by atoms with van der Waals surface area (Å²) in [7, 11) is 0. The van der Waals surface area contributed by atoms with E-state index in [1.54, 1.807) is 12.1 Å². The van der Waals surface area contributed by atoms with E-state index in [0.29, 0.717) is 43.3 Å². The van der Waals surface area contributed by atoms with E-state index in [4.69, 9.17) is 5.10 Å². The number of amides is 1. The number of rotatable bonds is 11. The quantitative estimate of drug-likeness (QED) is 0.263. The van der Waals surface area contributed by atoms with E-state index in [2.05, 4.69) is 25.1 Å². The number of fused-ring (bicyclic) bond motifs is 1. The minimum absolute atomic E-state index is 0.282. The lowest BCUT2D eigenvalue weighted by atomic mass is 10.0. The molecule has 4 aliphatic rings. The van der Waals surface area contributed by atoms with Crippen LogP contribution in [0.3, 0.4) is 0 Å². The monoisotopic (exact) mass is 618 g/mol. The van der Waals surface area contributed by atoms with Crippen molar-refractivity contribution < 1.29 is 18.0 Å². The highest BCUT2D eigenvalue weighted by atomic mass is 32.2. The zero-order chi connectivity index (χ0) is 29.8. The van der Waals surface area contributed by atoms with Crippen LogP contribution in [0, 0.1) is 0 Å². The van der Waals surface area contributed by atoms with Crippen LogP contribution in [0.5, 0.6) is 0 Å². The molecule has 7 nitrogen and oxygen atoms in total. The number of carbonyl (C=O) groups is 1. The van der Waals surface area contributed by atoms with Gasteiger partial charge in [0.2, 0.25) is 5.91 Å². The van der Waals surface area contributed by atoms with Crippen LogP contribution in [-0.4, -0.2) is 82.6 Å². The molecule has 236 valence electrons. The van der Waals surface area contributed by atoms with Crippen LogP contribution in [0.1, 0.15) is 74.6 Å². The number of aryl methyl sites for hydroxylation is 1. The number of hydrogen-bond acceptors (Lipinski definition) is 6. The van der Waals surface area contributed by atoms with E-state index >= 15 is 0 Å². The zero-order valence-corrected chi connectivity index (χ0v) is 25.9. The van der Waals surface area contributed by atoms with E-state index in [0.717, 1.165) is 101 Å². The maximum Gasteiger partial charge on any atom is 0.417 e. The minimum atomic E-state index is -4.39. The second-order valence-electron chi connectivity index (χ2n) is 12.5. The van der Waals surface area contributed by atoms with Crippen molar-refractivity contribution in [1.82, 2.24) is 30.2 Å². The number of nitrogens with one attached hydrogen (secondary N) is 2. The molecule has 0 unspecified atom stereocenters. The molecule has 2 N–H and O–H groups in total. The molecule has 1 aromatic carbocycles. The first kappa shape index (κ1) is 30.9. The number of piperidine rings is 1. The molecule has 1 saturated carbocycles. The molecular weight excluding hydrogens is 573 g/mol. The lowest BCUT2D eigenvalue weighted by Gasteiger charge is -2.36. The Hall–Kier alpha value is -2.08. The van der Waals surface area contributed by atoms with Crippen molar-refractivity contribution in [3.05, 3.63) is 35.0 Å². The van der Waals surface area contributed by atoms with Crippen molar-refractivity contribution in [3.63, 3.8) is 0 Å². The average Bonchev–Trinajstić information content (AvgIpc) is 3.76. The van der Waals surface area contributed by atoms with Crippen LogP contribution in [-0.2, 0) is 30.5 Å². The fourth-order valence-corrected chi connectivity index (χ4v) is 8.36. The summed E-state index contributed by atoms with van der Waals surface area (Å²) in [6.07, 6.45) is 6.03. The van der Waals surface area contributed by atoms with Crippen molar-refractivity contribution in [2.45, 2.75) is 100 Å². The van der Waals surface area contributed by atoms with Crippen LogP contribution in [0.2, 0.25) is 0 Å². The Balaban J connectivity index is 1.10. The van der Waals surface area contributed by atoms with Gasteiger partial charge in [0.05, 0.1) is 11.3 Å². The molecule has 0 bridgehead atoms. The van der Waals surface area contributed by atoms with Gasteiger partial charge in [-0.25, -0.2) is 0 Å². The maximum atomic E-state index is 13.9. The number of likely N-dealkylation sites (tertiary alicyclic amines) is 2. The first-order chi connectivity index (χ1) is 20.9. The second-order valence-corrected chi connectivity index (χ2v) is 13.7. The van der Waals surface area contributed by atoms with Crippen LogP contribution in [0.4, 0.5) is 13.2 Å². The predicted molar refractivity (Wildman–Crippen MR) is 164 cm³/mol. The number of aromatic nitrogens is 2. The Morgan fingerprint density at radius 3 is 2.58 bits per heavy atom. The highest BCUT2D eigenvalue weighted by molar-refractivity contribution is 7.99.